The van der Waals surface area contributed by atoms with Crippen LogP contribution < -0.4 is 14.4 Å². The van der Waals surface area contributed by atoms with E-state index < -0.39 is 6.09 Å². The van der Waals surface area contributed by atoms with Gasteiger partial charge in [-0.1, -0.05) is 24.3 Å². The van der Waals surface area contributed by atoms with Gasteiger partial charge in [0.25, 0.3) is 5.91 Å². The van der Waals surface area contributed by atoms with Crippen molar-refractivity contribution in [3.8, 4) is 11.5 Å². The summed E-state index contributed by atoms with van der Waals surface area (Å²) in [5.41, 5.74) is 3.10. The van der Waals surface area contributed by atoms with Crippen LogP contribution in [0.2, 0.25) is 0 Å². The lowest BCUT2D eigenvalue weighted by molar-refractivity contribution is -0.117. The molecule has 0 spiro atoms. The Bertz CT molecular complexity index is 1600. The van der Waals surface area contributed by atoms with Gasteiger partial charge in [-0.2, -0.15) is 0 Å². The maximum absolute atomic E-state index is 13.8. The van der Waals surface area contributed by atoms with Gasteiger partial charge in [-0.15, -0.1) is 0 Å². The van der Waals surface area contributed by atoms with Crippen molar-refractivity contribution in [3.05, 3.63) is 65.9 Å². The molecule has 0 saturated heterocycles. The normalized spacial score (nSPS) is 12.6. The van der Waals surface area contributed by atoms with Crippen LogP contribution in [0.15, 0.2) is 54.6 Å². The second-order valence-electron chi connectivity index (χ2n) is 10.6. The van der Waals surface area contributed by atoms with E-state index in [1.807, 2.05) is 62.6 Å². The maximum Gasteiger partial charge on any atom is 0.415 e. The predicted molar refractivity (Wildman–Crippen MR) is 159 cm³/mol. The predicted octanol–water partition coefficient (Wildman–Crippen LogP) is 3.98. The van der Waals surface area contributed by atoms with E-state index in [4.69, 9.17) is 9.47 Å². The Hall–Kier alpha value is -4.57. The Balaban J connectivity index is 1.40. The van der Waals surface area contributed by atoms with Crippen LogP contribution in [-0.2, 0) is 11.2 Å². The number of nitrogens with one attached hydrogen (secondary N) is 1. The summed E-state index contributed by atoms with van der Waals surface area (Å²) in [6, 6.07) is 17.1. The van der Waals surface area contributed by atoms with Crippen molar-refractivity contribution < 1.29 is 23.9 Å². The third kappa shape index (κ3) is 5.97. The summed E-state index contributed by atoms with van der Waals surface area (Å²) in [5, 5.41) is 2.65. The molecule has 3 aromatic carbocycles. The molecule has 214 valence electrons. The summed E-state index contributed by atoms with van der Waals surface area (Å²) < 4.78 is 11.7. The molecule has 5 rings (SSSR count). The van der Waals surface area contributed by atoms with Crippen molar-refractivity contribution >= 4 is 45.8 Å². The van der Waals surface area contributed by atoms with Crippen LogP contribution in [0.1, 0.15) is 16.1 Å². The number of likely N-dealkylation sites (N-methyl/N-ethyl adjacent to an activating group) is 3. The number of carbonyl (C=O) groups excluding carboxylic acids is 3. The van der Waals surface area contributed by atoms with E-state index in [0.29, 0.717) is 50.5 Å². The SMILES string of the molecule is CN(C)CCOc1ccc2[nH]c(C(=O)N3CCc4c3cc(OC(=O)N(C)CCN(C)C=O)c3ccccc43)cc2c1. The van der Waals surface area contributed by atoms with Crippen LogP contribution in [0.4, 0.5) is 10.5 Å². The first-order valence-corrected chi connectivity index (χ1v) is 13.6. The third-order valence-electron chi connectivity index (χ3n) is 7.32. The molecular weight excluding hydrogens is 522 g/mol. The first-order chi connectivity index (χ1) is 19.7. The molecule has 41 heavy (non-hydrogen) atoms. The average molecular weight is 558 g/mol. The summed E-state index contributed by atoms with van der Waals surface area (Å²) in [6.07, 6.45) is 0.868. The highest BCUT2D eigenvalue weighted by atomic mass is 16.6. The van der Waals surface area contributed by atoms with Crippen molar-refractivity contribution in [1.82, 2.24) is 19.7 Å². The topological polar surface area (TPSA) is 98.4 Å². The standard InChI is InChI=1S/C31H35N5O5/c1-33(2)15-16-40-22-9-10-26-21(17-22)18-27(32-26)30(38)36-12-11-24-23-7-5-6-8-25(23)29(19-28(24)36)41-31(39)35(4)14-13-34(3)20-37/h5-10,17-20,32H,11-16H2,1-4H3. The van der Waals surface area contributed by atoms with E-state index in [1.54, 1.807) is 25.1 Å². The lowest BCUT2D eigenvalue weighted by atomic mass is 10.0. The van der Waals surface area contributed by atoms with Gasteiger partial charge in [0.15, 0.2) is 0 Å². The number of H-pyrrole nitrogens is 1. The van der Waals surface area contributed by atoms with E-state index in [9.17, 15) is 14.4 Å². The fourth-order valence-corrected chi connectivity index (χ4v) is 4.96. The van der Waals surface area contributed by atoms with Crippen molar-refractivity contribution in [3.63, 3.8) is 0 Å². The number of aromatic nitrogens is 1. The van der Waals surface area contributed by atoms with Crippen LogP contribution in [-0.4, -0.2) is 99.1 Å². The van der Waals surface area contributed by atoms with E-state index in [1.165, 1.54) is 9.80 Å². The molecule has 3 amide bonds. The molecule has 0 fully saturated rings. The van der Waals surface area contributed by atoms with Crippen molar-refractivity contribution in [2.45, 2.75) is 6.42 Å². The van der Waals surface area contributed by atoms with E-state index >= 15 is 0 Å². The van der Waals surface area contributed by atoms with Gasteiger partial charge in [0, 0.05) is 62.6 Å². The molecule has 0 aliphatic carbocycles. The zero-order chi connectivity index (χ0) is 29.1. The minimum absolute atomic E-state index is 0.156. The second kappa shape index (κ2) is 11.9. The quantitative estimate of drug-likeness (QED) is 0.296. The summed E-state index contributed by atoms with van der Waals surface area (Å²) >= 11 is 0. The van der Waals surface area contributed by atoms with Gasteiger partial charge in [0.1, 0.15) is 23.8 Å². The summed E-state index contributed by atoms with van der Waals surface area (Å²) in [4.78, 5) is 47.5. The van der Waals surface area contributed by atoms with Gasteiger partial charge in [-0.25, -0.2) is 4.79 Å². The Kier molecular flexibility index (Phi) is 8.11. The molecular formula is C31H35N5O5. The molecule has 0 unspecified atom stereocenters. The Labute approximate surface area is 239 Å². The largest absolute Gasteiger partial charge is 0.492 e. The van der Waals surface area contributed by atoms with Crippen molar-refractivity contribution in [2.24, 2.45) is 0 Å². The molecule has 1 aliphatic heterocycles. The first kappa shape index (κ1) is 28.0. The van der Waals surface area contributed by atoms with Gasteiger partial charge in [-0.3, -0.25) is 9.59 Å². The van der Waals surface area contributed by atoms with Crippen LogP contribution in [0.25, 0.3) is 21.7 Å². The Morgan fingerprint density at radius 3 is 2.51 bits per heavy atom. The Morgan fingerprint density at radius 2 is 1.76 bits per heavy atom. The fraction of sp³-hybridized carbons (Fsp3) is 0.323. The van der Waals surface area contributed by atoms with Crippen LogP contribution in [0.5, 0.6) is 11.5 Å². The molecule has 10 nitrogen and oxygen atoms in total. The van der Waals surface area contributed by atoms with Gasteiger partial charge in [-0.05, 0) is 55.7 Å². The number of amides is 3. The average Bonchev–Trinajstić information content (AvgIpc) is 3.59. The van der Waals surface area contributed by atoms with Crippen LogP contribution in [0, 0.1) is 0 Å². The summed E-state index contributed by atoms with van der Waals surface area (Å²) in [6.45, 7) is 2.61. The number of carbonyl (C=O) groups is 3. The lowest BCUT2D eigenvalue weighted by Gasteiger charge is -2.21. The fourth-order valence-electron chi connectivity index (χ4n) is 4.96. The molecule has 1 aliphatic rings. The van der Waals surface area contributed by atoms with Gasteiger partial charge in [0.05, 0.1) is 5.69 Å². The highest BCUT2D eigenvalue weighted by Crippen LogP contribution is 2.41. The molecule has 0 saturated carbocycles. The maximum atomic E-state index is 13.8. The zero-order valence-electron chi connectivity index (χ0n) is 23.8. The molecule has 0 radical (unpaired) electrons. The van der Waals surface area contributed by atoms with Gasteiger partial charge >= 0.3 is 6.09 Å². The molecule has 0 atom stereocenters. The molecule has 10 heteroatoms. The number of nitrogens with zero attached hydrogens (tertiary/aromatic N) is 4. The number of fused-ring (bicyclic) bond motifs is 4. The molecule has 4 aromatic rings. The van der Waals surface area contributed by atoms with E-state index in [2.05, 4.69) is 9.88 Å². The number of hydrogen-bond acceptors (Lipinski definition) is 6. The zero-order valence-corrected chi connectivity index (χ0v) is 23.8. The van der Waals surface area contributed by atoms with Crippen LogP contribution >= 0.6 is 0 Å². The van der Waals surface area contributed by atoms with E-state index in [-0.39, 0.29) is 5.91 Å². The number of hydrogen-bond donors (Lipinski definition) is 1. The monoisotopic (exact) mass is 557 g/mol. The molecule has 1 N–H and O–H groups in total. The number of anilines is 1. The van der Waals surface area contributed by atoms with Gasteiger partial charge in [0.2, 0.25) is 6.41 Å². The molecule has 1 aromatic heterocycles. The minimum atomic E-state index is -0.538. The van der Waals surface area contributed by atoms with Crippen LogP contribution in [0.3, 0.4) is 0 Å². The minimum Gasteiger partial charge on any atom is -0.492 e. The second-order valence-corrected chi connectivity index (χ2v) is 10.6. The smallest absolute Gasteiger partial charge is 0.415 e. The number of aromatic amines is 1. The number of benzene rings is 3. The molecule has 0 bridgehead atoms. The third-order valence-corrected chi connectivity index (χ3v) is 7.32. The number of ether oxygens (including phenoxy) is 2. The van der Waals surface area contributed by atoms with Crippen molar-refractivity contribution in [1.29, 1.82) is 0 Å². The Morgan fingerprint density at radius 1 is 0.976 bits per heavy atom. The summed E-state index contributed by atoms with van der Waals surface area (Å²) in [7, 11) is 7.27. The highest BCUT2D eigenvalue weighted by molar-refractivity contribution is 6.11. The molecule has 2 heterocycles. The summed E-state index contributed by atoms with van der Waals surface area (Å²) in [5.74, 6) is 0.983. The number of rotatable bonds is 10. The lowest BCUT2D eigenvalue weighted by Crippen LogP contribution is -2.36. The first-order valence-electron chi connectivity index (χ1n) is 13.6. The van der Waals surface area contributed by atoms with Gasteiger partial charge < -0.3 is 34.1 Å². The van der Waals surface area contributed by atoms with E-state index in [0.717, 1.165) is 45.2 Å². The van der Waals surface area contributed by atoms with Crippen molar-refractivity contribution in [2.75, 3.05) is 65.9 Å². The highest BCUT2D eigenvalue weighted by Gasteiger charge is 2.30.